The van der Waals surface area contributed by atoms with Crippen molar-refractivity contribution in [1.82, 2.24) is 9.80 Å². The molecule has 4 nitrogen and oxygen atoms in total. The fraction of sp³-hybridized carbons (Fsp3) is 0.688. The van der Waals surface area contributed by atoms with Gasteiger partial charge in [0, 0.05) is 32.7 Å². The van der Waals surface area contributed by atoms with Crippen LogP contribution >= 0.6 is 11.3 Å². The van der Waals surface area contributed by atoms with Gasteiger partial charge in [0.15, 0.2) is 0 Å². The molecule has 1 unspecified atom stereocenters. The molecule has 1 atom stereocenters. The van der Waals surface area contributed by atoms with Crippen molar-refractivity contribution in [3.05, 3.63) is 22.4 Å². The molecule has 0 spiro atoms. The van der Waals surface area contributed by atoms with Crippen LogP contribution in [0.5, 0.6) is 0 Å². The Morgan fingerprint density at radius 1 is 1.38 bits per heavy atom. The highest BCUT2D eigenvalue weighted by molar-refractivity contribution is 7.07. The molecule has 5 heteroatoms. The number of rotatable bonds is 5. The van der Waals surface area contributed by atoms with Gasteiger partial charge >= 0.3 is 0 Å². The van der Waals surface area contributed by atoms with Crippen LogP contribution in [0.15, 0.2) is 16.8 Å². The van der Waals surface area contributed by atoms with Crippen molar-refractivity contribution in [2.24, 2.45) is 0 Å². The zero-order valence-corrected chi connectivity index (χ0v) is 13.9. The van der Waals surface area contributed by atoms with Crippen LogP contribution in [-0.2, 0) is 11.3 Å². The minimum absolute atomic E-state index is 0.0826. The summed E-state index contributed by atoms with van der Waals surface area (Å²) in [6.45, 7) is 8.14. The maximum absolute atomic E-state index is 12.3. The minimum atomic E-state index is -0.875. The van der Waals surface area contributed by atoms with Gasteiger partial charge in [0.1, 0.15) is 0 Å². The van der Waals surface area contributed by atoms with Gasteiger partial charge < -0.3 is 10.0 Å². The van der Waals surface area contributed by atoms with E-state index in [1.54, 1.807) is 18.3 Å². The monoisotopic (exact) mass is 310 g/mol. The number of carbonyl (C=O) groups is 1. The van der Waals surface area contributed by atoms with Crippen LogP contribution in [0.25, 0.3) is 0 Å². The number of nitrogens with zero attached hydrogens (tertiary/aromatic N) is 2. The van der Waals surface area contributed by atoms with Crippen LogP contribution in [0.4, 0.5) is 0 Å². The fourth-order valence-corrected chi connectivity index (χ4v) is 3.24. The Labute approximate surface area is 131 Å². The van der Waals surface area contributed by atoms with Crippen molar-refractivity contribution in [3.63, 3.8) is 0 Å². The lowest BCUT2D eigenvalue weighted by Crippen LogP contribution is -2.39. The Balaban J connectivity index is 1.84. The predicted octanol–water partition coefficient (Wildman–Crippen LogP) is 2.33. The first kappa shape index (κ1) is 16.5. The summed E-state index contributed by atoms with van der Waals surface area (Å²) < 4.78 is 0. The third kappa shape index (κ3) is 5.09. The topological polar surface area (TPSA) is 43.8 Å². The average Bonchev–Trinajstić information content (AvgIpc) is 2.83. The Bertz CT molecular complexity index is 445. The molecule has 0 radical (unpaired) electrons. The standard InChI is InChI=1S/C16H26N2O2S/c1-3-16(2,20)11-15(19)18-7-4-6-17(8-9-18)12-14-5-10-21-13-14/h5,10,13,20H,3-4,6-9,11-12H2,1-2H3. The van der Waals surface area contributed by atoms with E-state index in [2.05, 4.69) is 21.7 Å². The van der Waals surface area contributed by atoms with E-state index in [0.29, 0.717) is 6.42 Å². The molecule has 1 aromatic heterocycles. The Kier molecular flexibility index (Phi) is 5.79. The fourth-order valence-electron chi connectivity index (χ4n) is 2.58. The molecule has 0 saturated carbocycles. The molecule has 2 heterocycles. The zero-order valence-electron chi connectivity index (χ0n) is 13.0. The zero-order chi connectivity index (χ0) is 15.3. The van der Waals surface area contributed by atoms with Gasteiger partial charge in [-0.25, -0.2) is 0 Å². The van der Waals surface area contributed by atoms with Crippen molar-refractivity contribution >= 4 is 17.2 Å². The van der Waals surface area contributed by atoms with E-state index in [4.69, 9.17) is 0 Å². The molecule has 0 bridgehead atoms. The molecule has 1 N–H and O–H groups in total. The summed E-state index contributed by atoms with van der Waals surface area (Å²) in [5, 5.41) is 14.4. The molecule has 118 valence electrons. The van der Waals surface area contributed by atoms with Crippen LogP contribution in [0.2, 0.25) is 0 Å². The summed E-state index contributed by atoms with van der Waals surface area (Å²) in [6, 6.07) is 2.16. The normalized spacial score (nSPS) is 20.0. The van der Waals surface area contributed by atoms with Crippen molar-refractivity contribution in [2.75, 3.05) is 26.2 Å². The lowest BCUT2D eigenvalue weighted by molar-refractivity contribution is -0.135. The average molecular weight is 310 g/mol. The van der Waals surface area contributed by atoms with Crippen molar-refractivity contribution < 1.29 is 9.90 Å². The first-order valence-electron chi connectivity index (χ1n) is 7.74. The lowest BCUT2D eigenvalue weighted by atomic mass is 9.98. The molecule has 1 aromatic rings. The van der Waals surface area contributed by atoms with Crippen LogP contribution in [0.3, 0.4) is 0 Å². The molecule has 1 aliphatic heterocycles. The van der Waals surface area contributed by atoms with Gasteiger partial charge in [-0.2, -0.15) is 11.3 Å². The van der Waals surface area contributed by atoms with Crippen molar-refractivity contribution in [2.45, 2.75) is 45.3 Å². The van der Waals surface area contributed by atoms with Gasteiger partial charge in [0.05, 0.1) is 12.0 Å². The maximum atomic E-state index is 12.3. The van der Waals surface area contributed by atoms with Crippen LogP contribution in [0, 0.1) is 0 Å². The minimum Gasteiger partial charge on any atom is -0.390 e. The largest absolute Gasteiger partial charge is 0.390 e. The summed E-state index contributed by atoms with van der Waals surface area (Å²) in [4.78, 5) is 16.6. The Morgan fingerprint density at radius 3 is 2.86 bits per heavy atom. The maximum Gasteiger partial charge on any atom is 0.225 e. The number of amides is 1. The number of thiophene rings is 1. The molecular weight excluding hydrogens is 284 g/mol. The van der Waals surface area contributed by atoms with Gasteiger partial charge in [-0.3, -0.25) is 9.69 Å². The summed E-state index contributed by atoms with van der Waals surface area (Å²) >= 11 is 1.73. The number of hydrogen-bond acceptors (Lipinski definition) is 4. The molecular formula is C16H26N2O2S. The van der Waals surface area contributed by atoms with E-state index in [9.17, 15) is 9.90 Å². The van der Waals surface area contributed by atoms with E-state index in [1.807, 2.05) is 11.8 Å². The van der Waals surface area contributed by atoms with E-state index in [-0.39, 0.29) is 12.3 Å². The second kappa shape index (κ2) is 7.38. The highest BCUT2D eigenvalue weighted by Gasteiger charge is 2.26. The van der Waals surface area contributed by atoms with Gasteiger partial charge in [0.25, 0.3) is 0 Å². The van der Waals surface area contributed by atoms with Gasteiger partial charge in [0.2, 0.25) is 5.91 Å². The third-order valence-electron chi connectivity index (χ3n) is 4.22. The molecule has 1 fully saturated rings. The van der Waals surface area contributed by atoms with Crippen LogP contribution < -0.4 is 0 Å². The van der Waals surface area contributed by atoms with Gasteiger partial charge in [-0.05, 0) is 42.2 Å². The summed E-state index contributed by atoms with van der Waals surface area (Å²) in [6.07, 6.45) is 1.84. The SMILES string of the molecule is CCC(C)(O)CC(=O)N1CCCN(Cc2ccsc2)CC1. The number of aliphatic hydroxyl groups is 1. The van der Waals surface area contributed by atoms with Crippen LogP contribution in [0.1, 0.15) is 38.7 Å². The van der Waals surface area contributed by atoms with Gasteiger partial charge in [-0.15, -0.1) is 0 Å². The molecule has 0 aromatic carbocycles. The second-order valence-electron chi connectivity index (χ2n) is 6.17. The highest BCUT2D eigenvalue weighted by Crippen LogP contribution is 2.17. The molecule has 1 saturated heterocycles. The second-order valence-corrected chi connectivity index (χ2v) is 6.95. The van der Waals surface area contributed by atoms with E-state index in [1.165, 1.54) is 5.56 Å². The highest BCUT2D eigenvalue weighted by atomic mass is 32.1. The number of hydrogen-bond donors (Lipinski definition) is 1. The molecule has 1 aliphatic rings. The van der Waals surface area contributed by atoms with Crippen molar-refractivity contribution in [3.8, 4) is 0 Å². The third-order valence-corrected chi connectivity index (χ3v) is 4.95. The Hall–Kier alpha value is -0.910. The molecule has 21 heavy (non-hydrogen) atoms. The molecule has 1 amide bonds. The quantitative estimate of drug-likeness (QED) is 0.908. The smallest absolute Gasteiger partial charge is 0.225 e. The van der Waals surface area contributed by atoms with Crippen LogP contribution in [-0.4, -0.2) is 52.6 Å². The summed E-state index contributed by atoms with van der Waals surface area (Å²) in [7, 11) is 0. The van der Waals surface area contributed by atoms with E-state index in [0.717, 1.165) is 39.1 Å². The van der Waals surface area contributed by atoms with E-state index < -0.39 is 5.60 Å². The lowest BCUT2D eigenvalue weighted by Gasteiger charge is -2.26. The Morgan fingerprint density at radius 2 is 2.19 bits per heavy atom. The first-order chi connectivity index (χ1) is 10.00. The predicted molar refractivity (Wildman–Crippen MR) is 86.3 cm³/mol. The number of carbonyl (C=O) groups excluding carboxylic acids is 1. The van der Waals surface area contributed by atoms with Crippen molar-refractivity contribution in [1.29, 1.82) is 0 Å². The summed E-state index contributed by atoms with van der Waals surface area (Å²) in [5.74, 6) is 0.0826. The van der Waals surface area contributed by atoms with Gasteiger partial charge in [-0.1, -0.05) is 6.92 Å². The van der Waals surface area contributed by atoms with E-state index >= 15 is 0 Å². The first-order valence-corrected chi connectivity index (χ1v) is 8.68. The summed E-state index contributed by atoms with van der Waals surface area (Å²) in [5.41, 5.74) is 0.480. The molecule has 0 aliphatic carbocycles. The molecule has 2 rings (SSSR count).